The summed E-state index contributed by atoms with van der Waals surface area (Å²) in [6.07, 6.45) is 19.9. The van der Waals surface area contributed by atoms with E-state index in [2.05, 4.69) is 6.92 Å². The van der Waals surface area contributed by atoms with Gasteiger partial charge < -0.3 is 9.29 Å². The zero-order chi connectivity index (χ0) is 21.3. The lowest BCUT2D eigenvalue weighted by molar-refractivity contribution is 0.0968. The lowest BCUT2D eigenvalue weighted by Gasteiger charge is -2.27. The van der Waals surface area contributed by atoms with Gasteiger partial charge in [-0.05, 0) is 24.6 Å². The molecule has 5 heteroatoms. The Balaban J connectivity index is 1.52. The first-order valence-corrected chi connectivity index (χ1v) is 13.0. The molecule has 0 N–H and O–H groups in total. The SMILES string of the molecule is CCCCCCCCCCCCOc1ccc(Cl)c2c1[SH+]([O-])=C1C=CC=CC1C2=O. The van der Waals surface area contributed by atoms with Crippen LogP contribution in [0.4, 0.5) is 0 Å². The monoisotopic (exact) mass is 448 g/mol. The number of carbonyl (C=O) groups excluding carboxylic acids is 1. The summed E-state index contributed by atoms with van der Waals surface area (Å²) in [6.45, 7) is 2.81. The van der Waals surface area contributed by atoms with Crippen LogP contribution < -0.4 is 4.74 Å². The van der Waals surface area contributed by atoms with Crippen LogP contribution in [-0.4, -0.2) is 21.8 Å². The molecule has 0 radical (unpaired) electrons. The molecule has 1 heterocycles. The summed E-state index contributed by atoms with van der Waals surface area (Å²) in [4.78, 5) is 14.1. The number of benzene rings is 1. The van der Waals surface area contributed by atoms with Gasteiger partial charge in [0.05, 0.1) is 17.2 Å². The Morgan fingerprint density at radius 2 is 1.67 bits per heavy atom. The van der Waals surface area contributed by atoms with Gasteiger partial charge in [0.2, 0.25) is 0 Å². The minimum Gasteiger partial charge on any atom is -0.646 e. The fourth-order valence-electron chi connectivity index (χ4n) is 4.10. The highest BCUT2D eigenvalue weighted by molar-refractivity contribution is 7.92. The summed E-state index contributed by atoms with van der Waals surface area (Å²) in [7, 11) is -1.87. The van der Waals surface area contributed by atoms with Gasteiger partial charge in [-0.1, -0.05) is 94.5 Å². The van der Waals surface area contributed by atoms with Crippen molar-refractivity contribution in [3.8, 4) is 5.75 Å². The molecule has 0 aromatic heterocycles. The molecule has 0 saturated carbocycles. The predicted molar refractivity (Wildman–Crippen MR) is 128 cm³/mol. The number of halogens is 1. The van der Waals surface area contributed by atoms with E-state index in [1.807, 2.05) is 12.2 Å². The van der Waals surface area contributed by atoms with E-state index in [0.29, 0.717) is 32.7 Å². The van der Waals surface area contributed by atoms with Crippen molar-refractivity contribution in [1.82, 2.24) is 0 Å². The number of thiol groups is 1. The van der Waals surface area contributed by atoms with Crippen LogP contribution in [-0.2, 0) is 10.8 Å². The van der Waals surface area contributed by atoms with Crippen LogP contribution in [0.5, 0.6) is 5.75 Å². The van der Waals surface area contributed by atoms with E-state index in [-0.39, 0.29) is 5.78 Å². The van der Waals surface area contributed by atoms with E-state index in [1.54, 1.807) is 24.3 Å². The first kappa shape index (κ1) is 23.3. The van der Waals surface area contributed by atoms with Crippen molar-refractivity contribution in [2.24, 2.45) is 5.92 Å². The van der Waals surface area contributed by atoms with Crippen molar-refractivity contribution < 1.29 is 14.1 Å². The molecule has 0 bridgehead atoms. The molecule has 2 aliphatic rings. The van der Waals surface area contributed by atoms with E-state index < -0.39 is 16.7 Å². The first-order valence-electron chi connectivity index (χ1n) is 11.3. The number of fused-ring (bicyclic) bond motifs is 2. The number of hydrogen-bond acceptors (Lipinski definition) is 3. The fourth-order valence-corrected chi connectivity index (χ4v) is 6.13. The standard InChI is InChI=1S/C25H33ClO3S/c1-2-3-4-5-6-7-8-9-10-13-18-29-21-17-16-20(26)23-24(27)19-14-11-12-15-22(19)30(28)25(21)23/h11-12,14-17,19,30H,2-10,13,18H2,1H3. The molecule has 2 unspecified atom stereocenters. The Bertz CT molecular complexity index is 841. The Morgan fingerprint density at radius 3 is 2.37 bits per heavy atom. The van der Waals surface area contributed by atoms with E-state index >= 15 is 0 Å². The van der Waals surface area contributed by atoms with E-state index in [4.69, 9.17) is 16.3 Å². The third-order valence-corrected chi connectivity index (χ3v) is 7.87. The van der Waals surface area contributed by atoms with Gasteiger partial charge in [0, 0.05) is 0 Å². The Hall–Kier alpha value is -1.36. The molecule has 0 saturated heterocycles. The molecule has 3 rings (SSSR count). The zero-order valence-corrected chi connectivity index (χ0v) is 19.5. The molecule has 0 fully saturated rings. The molecule has 164 valence electrons. The number of hydrogen-bond donors (Lipinski definition) is 0. The van der Waals surface area contributed by atoms with Crippen LogP contribution in [0.25, 0.3) is 0 Å². The second-order valence-electron chi connectivity index (χ2n) is 8.10. The maximum absolute atomic E-state index is 13.2. The minimum atomic E-state index is -1.87. The fraction of sp³-hybridized carbons (Fsp3) is 0.520. The lowest BCUT2D eigenvalue weighted by atomic mass is 9.91. The van der Waals surface area contributed by atoms with Gasteiger partial charge in [0.25, 0.3) is 0 Å². The summed E-state index contributed by atoms with van der Waals surface area (Å²) in [5.41, 5.74) is 0.368. The number of rotatable bonds is 12. The number of unbranched alkanes of at least 4 members (excludes halogenated alkanes) is 9. The largest absolute Gasteiger partial charge is 0.646 e. The molecule has 1 aromatic rings. The number of allylic oxidation sites excluding steroid dienone is 4. The molecule has 1 aromatic carbocycles. The molecule has 3 nitrogen and oxygen atoms in total. The molecule has 1 aliphatic heterocycles. The summed E-state index contributed by atoms with van der Waals surface area (Å²) in [5.74, 6) is -0.0286. The van der Waals surface area contributed by atoms with E-state index in [0.717, 1.165) is 12.8 Å². The normalized spacial score (nSPS) is 19.7. The van der Waals surface area contributed by atoms with Crippen molar-refractivity contribution >= 4 is 33.0 Å². The summed E-state index contributed by atoms with van der Waals surface area (Å²) in [5, 5.41) is 0.353. The third-order valence-electron chi connectivity index (χ3n) is 5.81. The summed E-state index contributed by atoms with van der Waals surface area (Å²) < 4.78 is 19.2. The van der Waals surface area contributed by atoms with E-state index in [9.17, 15) is 9.35 Å². The van der Waals surface area contributed by atoms with Gasteiger partial charge in [-0.25, -0.2) is 0 Å². The van der Waals surface area contributed by atoms with Crippen LogP contribution in [0, 0.1) is 5.92 Å². The van der Waals surface area contributed by atoms with Crippen LogP contribution in [0.2, 0.25) is 5.02 Å². The number of carbonyl (C=O) groups is 1. The van der Waals surface area contributed by atoms with Crippen molar-refractivity contribution in [2.45, 2.75) is 76.0 Å². The maximum atomic E-state index is 13.2. The summed E-state index contributed by atoms with van der Waals surface area (Å²) in [6, 6.07) is 3.43. The maximum Gasteiger partial charge on any atom is 0.185 e. The first-order chi connectivity index (χ1) is 14.6. The van der Waals surface area contributed by atoms with Gasteiger partial charge in [-0.3, -0.25) is 4.79 Å². The highest BCUT2D eigenvalue weighted by atomic mass is 35.5. The molecular weight excluding hydrogens is 416 g/mol. The number of Topliss-reactive ketones (excluding diaryl/α,β-unsaturated/α-hetero) is 1. The van der Waals surface area contributed by atoms with Crippen molar-refractivity contribution in [3.05, 3.63) is 47.0 Å². The Morgan fingerprint density at radius 1 is 1.00 bits per heavy atom. The minimum absolute atomic E-state index is 0.0930. The van der Waals surface area contributed by atoms with Gasteiger partial charge >= 0.3 is 0 Å². The smallest absolute Gasteiger partial charge is 0.185 e. The second-order valence-corrected chi connectivity index (χ2v) is 10.1. The molecule has 0 spiro atoms. The van der Waals surface area contributed by atoms with Gasteiger partial charge in [0.1, 0.15) is 10.8 Å². The number of ether oxygens (including phenoxy) is 1. The predicted octanol–water partition coefficient (Wildman–Crippen LogP) is 6.59. The van der Waals surface area contributed by atoms with Crippen LogP contribution in [0.15, 0.2) is 41.3 Å². The van der Waals surface area contributed by atoms with Crippen molar-refractivity contribution in [3.63, 3.8) is 0 Å². The molecule has 30 heavy (non-hydrogen) atoms. The average Bonchev–Trinajstić information content (AvgIpc) is 2.76. The van der Waals surface area contributed by atoms with E-state index in [1.165, 1.54) is 51.4 Å². The van der Waals surface area contributed by atoms with Gasteiger partial charge in [-0.2, -0.15) is 0 Å². The number of ketones is 1. The highest BCUT2D eigenvalue weighted by Gasteiger charge is 2.37. The zero-order valence-electron chi connectivity index (χ0n) is 17.9. The van der Waals surface area contributed by atoms with Crippen molar-refractivity contribution in [1.29, 1.82) is 0 Å². The molecular formula is C25H33ClO3S. The summed E-state index contributed by atoms with van der Waals surface area (Å²) >= 11 is 6.32. The third kappa shape index (κ3) is 5.66. The lowest BCUT2D eigenvalue weighted by Crippen LogP contribution is -2.32. The van der Waals surface area contributed by atoms with Crippen LogP contribution >= 0.6 is 11.6 Å². The average molecular weight is 449 g/mol. The quantitative estimate of drug-likeness (QED) is 0.157. The molecule has 1 aliphatic carbocycles. The van der Waals surface area contributed by atoms with Gasteiger partial charge in [-0.15, -0.1) is 10.8 Å². The van der Waals surface area contributed by atoms with Crippen LogP contribution in [0.3, 0.4) is 0 Å². The van der Waals surface area contributed by atoms with Crippen LogP contribution in [0.1, 0.15) is 81.5 Å². The highest BCUT2D eigenvalue weighted by Crippen LogP contribution is 2.38. The Kier molecular flexibility index (Phi) is 9.23. The van der Waals surface area contributed by atoms with Crippen molar-refractivity contribution in [2.75, 3.05) is 6.61 Å². The topological polar surface area (TPSA) is 49.4 Å². The Labute approximate surface area is 188 Å². The second kappa shape index (κ2) is 11.9. The molecule has 0 amide bonds. The van der Waals surface area contributed by atoms with Gasteiger partial charge in [0.15, 0.2) is 16.4 Å². The molecule has 2 atom stereocenters.